The van der Waals surface area contributed by atoms with Gasteiger partial charge in [-0.25, -0.2) is 4.98 Å². The van der Waals surface area contributed by atoms with E-state index < -0.39 is 0 Å². The Morgan fingerprint density at radius 2 is 2.00 bits per heavy atom. The number of aromatic nitrogens is 1. The smallest absolute Gasteiger partial charge is 0.135 e. The molecular weight excluding hydrogens is 218 g/mol. The van der Waals surface area contributed by atoms with Crippen LogP contribution in [0, 0.1) is 0 Å². The second-order valence-corrected chi connectivity index (χ2v) is 3.05. The Balaban J connectivity index is 0.00000121. The van der Waals surface area contributed by atoms with Gasteiger partial charge in [0.1, 0.15) is 10.3 Å². The number of pyridine rings is 1. The predicted octanol–water partition coefficient (Wildman–Crippen LogP) is 2.83. The zero-order valence-electron chi connectivity index (χ0n) is 6.42. The van der Waals surface area contributed by atoms with Crippen LogP contribution in [0.15, 0.2) is 12.1 Å². The van der Waals surface area contributed by atoms with Crippen LogP contribution >= 0.6 is 35.6 Å². The van der Waals surface area contributed by atoms with Crippen molar-refractivity contribution in [2.45, 2.75) is 13.0 Å². The largest absolute Gasteiger partial charge is 0.324 e. The molecule has 0 saturated heterocycles. The van der Waals surface area contributed by atoms with Gasteiger partial charge in [0.25, 0.3) is 0 Å². The van der Waals surface area contributed by atoms with Crippen LogP contribution < -0.4 is 5.73 Å². The van der Waals surface area contributed by atoms with E-state index in [4.69, 9.17) is 28.9 Å². The van der Waals surface area contributed by atoms with E-state index in [0.29, 0.717) is 10.3 Å². The van der Waals surface area contributed by atoms with Gasteiger partial charge in [0.15, 0.2) is 0 Å². The fourth-order valence-electron chi connectivity index (χ4n) is 0.763. The van der Waals surface area contributed by atoms with E-state index in [1.165, 1.54) is 0 Å². The maximum Gasteiger partial charge on any atom is 0.135 e. The van der Waals surface area contributed by atoms with Gasteiger partial charge in [-0.15, -0.1) is 12.4 Å². The first kappa shape index (κ1) is 12.0. The van der Waals surface area contributed by atoms with Crippen molar-refractivity contribution in [3.8, 4) is 0 Å². The van der Waals surface area contributed by atoms with Gasteiger partial charge >= 0.3 is 0 Å². The summed E-state index contributed by atoms with van der Waals surface area (Å²) in [5, 5.41) is 0.770. The molecule has 0 radical (unpaired) electrons. The van der Waals surface area contributed by atoms with Crippen molar-refractivity contribution in [3.63, 3.8) is 0 Å². The average molecular weight is 228 g/mol. The fourth-order valence-corrected chi connectivity index (χ4v) is 1.28. The molecule has 0 bridgehead atoms. The van der Waals surface area contributed by atoms with Crippen molar-refractivity contribution in [1.29, 1.82) is 0 Å². The molecule has 0 amide bonds. The number of nitrogens with zero attached hydrogens (tertiary/aromatic N) is 1. The van der Waals surface area contributed by atoms with Crippen LogP contribution in [0.5, 0.6) is 0 Å². The monoisotopic (exact) mass is 226 g/mol. The first-order chi connectivity index (χ1) is 5.11. The summed E-state index contributed by atoms with van der Waals surface area (Å²) in [4.78, 5) is 3.85. The second-order valence-electron chi connectivity index (χ2n) is 2.30. The third-order valence-corrected chi connectivity index (χ3v) is 1.85. The highest BCUT2D eigenvalue weighted by molar-refractivity contribution is 6.32. The molecule has 12 heavy (non-hydrogen) atoms. The minimum atomic E-state index is -0.104. The van der Waals surface area contributed by atoms with E-state index in [-0.39, 0.29) is 18.4 Å². The number of halogens is 3. The fraction of sp³-hybridized carbons (Fsp3) is 0.286. The normalized spacial score (nSPS) is 12.0. The van der Waals surface area contributed by atoms with Crippen LogP contribution in [-0.4, -0.2) is 4.98 Å². The lowest BCUT2D eigenvalue weighted by atomic mass is 10.2. The Kier molecular flexibility index (Phi) is 4.87. The summed E-state index contributed by atoms with van der Waals surface area (Å²) in [7, 11) is 0. The van der Waals surface area contributed by atoms with Gasteiger partial charge in [-0.3, -0.25) is 0 Å². The van der Waals surface area contributed by atoms with Crippen molar-refractivity contribution in [2.75, 3.05) is 0 Å². The van der Waals surface area contributed by atoms with Crippen LogP contribution in [0.4, 0.5) is 0 Å². The molecule has 1 atom stereocenters. The van der Waals surface area contributed by atoms with E-state index >= 15 is 0 Å². The van der Waals surface area contributed by atoms with E-state index in [0.717, 1.165) is 5.56 Å². The molecule has 5 heteroatoms. The summed E-state index contributed by atoms with van der Waals surface area (Å²) in [5.74, 6) is 0. The number of nitrogens with two attached hydrogens (primary N) is 1. The number of hydrogen-bond acceptors (Lipinski definition) is 2. The van der Waals surface area contributed by atoms with E-state index in [1.54, 1.807) is 12.1 Å². The Labute approximate surface area is 87.5 Å². The lowest BCUT2D eigenvalue weighted by Crippen LogP contribution is -2.06. The molecule has 0 aromatic carbocycles. The minimum absolute atomic E-state index is 0. The standard InChI is InChI=1S/C7H8Cl2N2.ClH/c1-4(10)5-2-3-6(8)11-7(5)9;/h2-4H,10H2,1H3;1H/t4-;/m0./s1. The quantitative estimate of drug-likeness (QED) is 0.749. The summed E-state index contributed by atoms with van der Waals surface area (Å²) in [6.07, 6.45) is 0. The van der Waals surface area contributed by atoms with Crippen molar-refractivity contribution in [2.24, 2.45) is 5.73 Å². The highest BCUT2D eigenvalue weighted by Crippen LogP contribution is 2.20. The Bertz CT molecular complexity index is 263. The number of hydrogen-bond donors (Lipinski definition) is 1. The van der Waals surface area contributed by atoms with Gasteiger partial charge in [0.05, 0.1) is 0 Å². The third-order valence-electron chi connectivity index (χ3n) is 1.33. The average Bonchev–Trinajstić information content (AvgIpc) is 1.85. The molecule has 1 rings (SSSR count). The second kappa shape index (κ2) is 4.87. The van der Waals surface area contributed by atoms with Gasteiger partial charge in [-0.05, 0) is 13.0 Å². The molecule has 0 saturated carbocycles. The van der Waals surface area contributed by atoms with Gasteiger partial charge in [-0.2, -0.15) is 0 Å². The van der Waals surface area contributed by atoms with Crippen LogP contribution in [0.3, 0.4) is 0 Å². The molecule has 0 fully saturated rings. The van der Waals surface area contributed by atoms with Gasteiger partial charge in [0, 0.05) is 11.6 Å². The van der Waals surface area contributed by atoms with Crippen LogP contribution in [-0.2, 0) is 0 Å². The van der Waals surface area contributed by atoms with Crippen LogP contribution in [0.2, 0.25) is 10.3 Å². The van der Waals surface area contributed by atoms with Crippen molar-refractivity contribution >= 4 is 35.6 Å². The molecule has 0 aliphatic rings. The zero-order valence-corrected chi connectivity index (χ0v) is 8.75. The lowest BCUT2D eigenvalue weighted by molar-refractivity contribution is 0.812. The zero-order chi connectivity index (χ0) is 8.43. The maximum atomic E-state index is 5.75. The van der Waals surface area contributed by atoms with E-state index in [9.17, 15) is 0 Å². The molecule has 1 aromatic rings. The Morgan fingerprint density at radius 1 is 1.42 bits per heavy atom. The minimum Gasteiger partial charge on any atom is -0.324 e. The maximum absolute atomic E-state index is 5.75. The molecule has 0 spiro atoms. The SMILES string of the molecule is C[C@H](N)c1ccc(Cl)nc1Cl.Cl. The van der Waals surface area contributed by atoms with Gasteiger partial charge < -0.3 is 5.73 Å². The molecule has 0 aliphatic carbocycles. The highest BCUT2D eigenvalue weighted by atomic mass is 35.5. The lowest BCUT2D eigenvalue weighted by Gasteiger charge is -2.06. The third kappa shape index (κ3) is 2.79. The Hall–Kier alpha value is -0.0200. The van der Waals surface area contributed by atoms with Crippen LogP contribution in [0.25, 0.3) is 0 Å². The summed E-state index contributed by atoms with van der Waals surface area (Å²) in [6.45, 7) is 1.84. The summed E-state index contributed by atoms with van der Waals surface area (Å²) >= 11 is 11.3. The van der Waals surface area contributed by atoms with E-state index in [1.807, 2.05) is 6.92 Å². The first-order valence-corrected chi connectivity index (χ1v) is 3.94. The molecule has 1 aromatic heterocycles. The summed E-state index contributed by atoms with van der Waals surface area (Å²) in [5.41, 5.74) is 6.41. The van der Waals surface area contributed by atoms with Gasteiger partial charge in [-0.1, -0.05) is 29.3 Å². The first-order valence-electron chi connectivity index (χ1n) is 3.19. The molecule has 1 heterocycles. The molecule has 2 nitrogen and oxygen atoms in total. The van der Waals surface area contributed by atoms with Crippen molar-refractivity contribution in [3.05, 3.63) is 28.0 Å². The topological polar surface area (TPSA) is 38.9 Å². The van der Waals surface area contributed by atoms with E-state index in [2.05, 4.69) is 4.98 Å². The molecular formula is C7H9Cl3N2. The van der Waals surface area contributed by atoms with Crippen LogP contribution in [0.1, 0.15) is 18.5 Å². The van der Waals surface area contributed by atoms with Crippen molar-refractivity contribution < 1.29 is 0 Å². The molecule has 0 unspecified atom stereocenters. The number of rotatable bonds is 1. The molecule has 2 N–H and O–H groups in total. The van der Waals surface area contributed by atoms with Gasteiger partial charge in [0.2, 0.25) is 0 Å². The highest BCUT2D eigenvalue weighted by Gasteiger charge is 2.05. The van der Waals surface area contributed by atoms with Crippen molar-refractivity contribution in [1.82, 2.24) is 4.98 Å². The summed E-state index contributed by atoms with van der Waals surface area (Å²) in [6, 6.07) is 3.35. The Morgan fingerprint density at radius 3 is 2.42 bits per heavy atom. The predicted molar refractivity (Wildman–Crippen MR) is 54.1 cm³/mol. The molecule has 68 valence electrons. The summed E-state index contributed by atoms with van der Waals surface area (Å²) < 4.78 is 0. The molecule has 0 aliphatic heterocycles.